The third-order valence-electron chi connectivity index (χ3n) is 3.22. The van der Waals surface area contributed by atoms with Gasteiger partial charge >= 0.3 is 0 Å². The van der Waals surface area contributed by atoms with Crippen LogP contribution in [0.5, 0.6) is 5.75 Å². The van der Waals surface area contributed by atoms with Gasteiger partial charge in [-0.05, 0) is 29.8 Å². The van der Waals surface area contributed by atoms with Crippen molar-refractivity contribution in [3.8, 4) is 17.0 Å². The summed E-state index contributed by atoms with van der Waals surface area (Å²) in [6, 6.07) is 15.4. The zero-order valence-corrected chi connectivity index (χ0v) is 13.2. The van der Waals surface area contributed by atoms with Gasteiger partial charge in [-0.25, -0.2) is 5.43 Å². The summed E-state index contributed by atoms with van der Waals surface area (Å²) >= 11 is 6.11. The number of rotatable bonds is 4. The molecular formula is C17H13ClN4O2. The van der Waals surface area contributed by atoms with E-state index in [0.29, 0.717) is 16.3 Å². The molecule has 0 atom stereocenters. The largest absolute Gasteiger partial charge is 0.508 e. The normalized spacial score (nSPS) is 10.9. The van der Waals surface area contributed by atoms with Crippen molar-refractivity contribution >= 4 is 23.7 Å². The highest BCUT2D eigenvalue weighted by molar-refractivity contribution is 6.33. The Hall–Kier alpha value is -3.12. The number of phenols is 1. The van der Waals surface area contributed by atoms with E-state index >= 15 is 0 Å². The third kappa shape index (κ3) is 3.61. The summed E-state index contributed by atoms with van der Waals surface area (Å²) in [7, 11) is 0. The van der Waals surface area contributed by atoms with E-state index in [-0.39, 0.29) is 11.4 Å². The Morgan fingerprint density at radius 2 is 2.04 bits per heavy atom. The number of aromatic hydroxyl groups is 1. The minimum Gasteiger partial charge on any atom is -0.508 e. The molecule has 3 rings (SSSR count). The van der Waals surface area contributed by atoms with E-state index in [1.807, 2.05) is 18.2 Å². The van der Waals surface area contributed by atoms with Crippen LogP contribution in [0.3, 0.4) is 0 Å². The number of hydrogen-bond acceptors (Lipinski definition) is 4. The first-order valence-corrected chi connectivity index (χ1v) is 7.44. The molecule has 6 nitrogen and oxygen atoms in total. The summed E-state index contributed by atoms with van der Waals surface area (Å²) in [6.45, 7) is 0. The van der Waals surface area contributed by atoms with Gasteiger partial charge in [0, 0.05) is 5.56 Å². The molecule has 7 heteroatoms. The molecule has 24 heavy (non-hydrogen) atoms. The van der Waals surface area contributed by atoms with Gasteiger partial charge in [-0.3, -0.25) is 9.89 Å². The lowest BCUT2D eigenvalue weighted by molar-refractivity contribution is 0.0950. The number of hydrogen-bond donors (Lipinski definition) is 3. The standard InChI is InChI=1S/C17H13ClN4O2/c18-14-7-2-1-6-13(14)15-9-16(21-20-15)17(24)22-19-10-11-4-3-5-12(23)8-11/h1-10,23H,(H,20,21)(H,22,24). The number of hydrazone groups is 1. The van der Waals surface area contributed by atoms with Crippen LogP contribution >= 0.6 is 11.6 Å². The smallest absolute Gasteiger partial charge is 0.289 e. The van der Waals surface area contributed by atoms with Crippen LogP contribution in [0, 0.1) is 0 Å². The van der Waals surface area contributed by atoms with Crippen molar-refractivity contribution < 1.29 is 9.90 Å². The van der Waals surface area contributed by atoms with Gasteiger partial charge < -0.3 is 5.11 Å². The minimum absolute atomic E-state index is 0.128. The number of H-pyrrole nitrogens is 1. The number of phenolic OH excluding ortho intramolecular Hbond substituents is 1. The number of amides is 1. The highest BCUT2D eigenvalue weighted by Gasteiger charge is 2.12. The third-order valence-corrected chi connectivity index (χ3v) is 3.55. The first kappa shape index (κ1) is 15.8. The molecule has 0 bridgehead atoms. The molecule has 3 N–H and O–H groups in total. The van der Waals surface area contributed by atoms with Crippen LogP contribution in [-0.4, -0.2) is 27.4 Å². The number of nitrogens with one attached hydrogen (secondary N) is 2. The zero-order valence-electron chi connectivity index (χ0n) is 12.4. The van der Waals surface area contributed by atoms with Crippen LogP contribution in [0.15, 0.2) is 59.7 Å². The fraction of sp³-hybridized carbons (Fsp3) is 0. The molecule has 0 saturated heterocycles. The summed E-state index contributed by atoms with van der Waals surface area (Å²) in [5.41, 5.74) is 4.62. The molecule has 0 aliphatic rings. The first-order chi connectivity index (χ1) is 11.6. The van der Waals surface area contributed by atoms with E-state index in [1.54, 1.807) is 30.3 Å². The van der Waals surface area contributed by atoms with Crippen molar-refractivity contribution in [2.75, 3.05) is 0 Å². The summed E-state index contributed by atoms with van der Waals surface area (Å²) in [6.07, 6.45) is 1.43. The predicted octanol–water partition coefficient (Wildman–Crippen LogP) is 3.20. The van der Waals surface area contributed by atoms with Crippen molar-refractivity contribution in [1.29, 1.82) is 0 Å². The van der Waals surface area contributed by atoms with E-state index in [0.717, 1.165) is 5.56 Å². The molecule has 0 radical (unpaired) electrons. The maximum Gasteiger partial charge on any atom is 0.289 e. The number of halogens is 1. The number of nitrogens with zero attached hydrogens (tertiary/aromatic N) is 2. The van der Waals surface area contributed by atoms with Crippen LogP contribution in [0.25, 0.3) is 11.3 Å². The molecule has 0 unspecified atom stereocenters. The van der Waals surface area contributed by atoms with Crippen molar-refractivity contribution in [1.82, 2.24) is 15.6 Å². The van der Waals surface area contributed by atoms with Gasteiger partial charge in [0.2, 0.25) is 0 Å². The van der Waals surface area contributed by atoms with Gasteiger partial charge in [0.1, 0.15) is 11.4 Å². The zero-order chi connectivity index (χ0) is 16.9. The summed E-state index contributed by atoms with van der Waals surface area (Å²) < 4.78 is 0. The average Bonchev–Trinajstić information content (AvgIpc) is 3.05. The molecule has 0 spiro atoms. The molecular weight excluding hydrogens is 328 g/mol. The summed E-state index contributed by atoms with van der Waals surface area (Å²) in [5.74, 6) is -0.305. The molecule has 3 aromatic rings. The molecule has 0 fully saturated rings. The predicted molar refractivity (Wildman–Crippen MR) is 92.2 cm³/mol. The Morgan fingerprint density at radius 3 is 2.83 bits per heavy atom. The van der Waals surface area contributed by atoms with Crippen LogP contribution < -0.4 is 5.43 Å². The van der Waals surface area contributed by atoms with E-state index in [4.69, 9.17) is 11.6 Å². The molecule has 0 saturated carbocycles. The van der Waals surface area contributed by atoms with Gasteiger partial charge in [0.25, 0.3) is 5.91 Å². The maximum absolute atomic E-state index is 12.1. The second kappa shape index (κ2) is 6.97. The molecule has 1 amide bonds. The number of benzene rings is 2. The minimum atomic E-state index is -0.433. The van der Waals surface area contributed by atoms with E-state index in [9.17, 15) is 9.90 Å². The maximum atomic E-state index is 12.1. The molecule has 0 aliphatic heterocycles. The van der Waals surface area contributed by atoms with Crippen molar-refractivity contribution in [3.05, 3.63) is 70.9 Å². The van der Waals surface area contributed by atoms with Crippen LogP contribution in [0.2, 0.25) is 5.02 Å². The topological polar surface area (TPSA) is 90.4 Å². The number of aromatic nitrogens is 2. The highest BCUT2D eigenvalue weighted by atomic mass is 35.5. The fourth-order valence-electron chi connectivity index (χ4n) is 2.08. The van der Waals surface area contributed by atoms with Gasteiger partial charge in [-0.1, -0.05) is 41.9 Å². The monoisotopic (exact) mass is 340 g/mol. The molecule has 1 aromatic heterocycles. The Bertz CT molecular complexity index is 905. The van der Waals surface area contributed by atoms with E-state index in [2.05, 4.69) is 20.7 Å². The second-order valence-electron chi connectivity index (χ2n) is 4.94. The summed E-state index contributed by atoms with van der Waals surface area (Å²) in [4.78, 5) is 12.1. The highest BCUT2D eigenvalue weighted by Crippen LogP contribution is 2.26. The lowest BCUT2D eigenvalue weighted by Gasteiger charge is -1.98. The van der Waals surface area contributed by atoms with Crippen LogP contribution in [0.1, 0.15) is 16.1 Å². The molecule has 0 aliphatic carbocycles. The van der Waals surface area contributed by atoms with E-state index in [1.165, 1.54) is 12.3 Å². The van der Waals surface area contributed by atoms with Crippen LogP contribution in [0.4, 0.5) is 0 Å². The van der Waals surface area contributed by atoms with Gasteiger partial charge in [-0.2, -0.15) is 10.2 Å². The lowest BCUT2D eigenvalue weighted by Crippen LogP contribution is -2.17. The lowest BCUT2D eigenvalue weighted by atomic mass is 10.1. The quantitative estimate of drug-likeness (QED) is 0.503. The van der Waals surface area contributed by atoms with Gasteiger partial charge in [0.05, 0.1) is 16.9 Å². The SMILES string of the molecule is O=C(NN=Cc1cccc(O)c1)c1cc(-c2ccccc2Cl)n[nH]1. The molecule has 1 heterocycles. The van der Waals surface area contributed by atoms with Crippen molar-refractivity contribution in [3.63, 3.8) is 0 Å². The fourth-order valence-corrected chi connectivity index (χ4v) is 2.31. The first-order valence-electron chi connectivity index (χ1n) is 7.06. The Kier molecular flexibility index (Phi) is 4.58. The van der Waals surface area contributed by atoms with Crippen molar-refractivity contribution in [2.24, 2.45) is 5.10 Å². The number of aromatic amines is 1. The number of carbonyl (C=O) groups is 1. The second-order valence-corrected chi connectivity index (χ2v) is 5.35. The Balaban J connectivity index is 1.69. The summed E-state index contributed by atoms with van der Waals surface area (Å²) in [5, 5.41) is 20.5. The average molecular weight is 341 g/mol. The van der Waals surface area contributed by atoms with E-state index < -0.39 is 5.91 Å². The van der Waals surface area contributed by atoms with Crippen LogP contribution in [-0.2, 0) is 0 Å². The number of carbonyl (C=O) groups excluding carboxylic acids is 1. The Labute approximate surface area is 142 Å². The molecule has 120 valence electrons. The van der Waals surface area contributed by atoms with Crippen molar-refractivity contribution in [2.45, 2.75) is 0 Å². The Morgan fingerprint density at radius 1 is 1.21 bits per heavy atom. The van der Waals surface area contributed by atoms with Gasteiger partial charge in [0.15, 0.2) is 0 Å². The van der Waals surface area contributed by atoms with Gasteiger partial charge in [-0.15, -0.1) is 0 Å². The molecule has 2 aromatic carbocycles.